The van der Waals surface area contributed by atoms with Gasteiger partial charge >= 0.3 is 0 Å². The molecule has 2 N–H and O–H groups in total. The van der Waals surface area contributed by atoms with Gasteiger partial charge in [0.1, 0.15) is 17.3 Å². The molecular formula is C11H11F2N3. The standard InChI is InChI=1S/C11H11F2N3/c1-6-15-10(11(14)16(6)2)7-3-4-8(12)9(13)5-7/h3-5H,14H2,1-2H3. The van der Waals surface area contributed by atoms with Crippen LogP contribution in [0.5, 0.6) is 0 Å². The molecule has 0 spiro atoms. The number of hydrogen-bond donors (Lipinski definition) is 1. The molecule has 3 nitrogen and oxygen atoms in total. The zero-order valence-electron chi connectivity index (χ0n) is 8.96. The van der Waals surface area contributed by atoms with E-state index in [0.717, 1.165) is 18.0 Å². The molecule has 0 amide bonds. The number of aromatic nitrogens is 2. The Morgan fingerprint density at radius 2 is 1.94 bits per heavy atom. The summed E-state index contributed by atoms with van der Waals surface area (Å²) in [4.78, 5) is 4.20. The minimum Gasteiger partial charge on any atom is -0.383 e. The zero-order valence-corrected chi connectivity index (χ0v) is 8.96. The molecule has 0 bridgehead atoms. The van der Waals surface area contributed by atoms with Crippen molar-refractivity contribution in [2.75, 3.05) is 5.73 Å². The third-order valence-corrected chi connectivity index (χ3v) is 2.56. The Hall–Kier alpha value is -1.91. The van der Waals surface area contributed by atoms with Crippen molar-refractivity contribution in [3.8, 4) is 11.3 Å². The number of rotatable bonds is 1. The van der Waals surface area contributed by atoms with Crippen molar-refractivity contribution in [2.45, 2.75) is 6.92 Å². The summed E-state index contributed by atoms with van der Waals surface area (Å²) in [5, 5.41) is 0. The first-order valence-corrected chi connectivity index (χ1v) is 4.75. The summed E-state index contributed by atoms with van der Waals surface area (Å²) in [6, 6.07) is 3.61. The van der Waals surface area contributed by atoms with Crippen LogP contribution in [-0.2, 0) is 7.05 Å². The molecule has 84 valence electrons. The molecule has 0 radical (unpaired) electrons. The van der Waals surface area contributed by atoms with E-state index in [4.69, 9.17) is 5.73 Å². The first-order valence-electron chi connectivity index (χ1n) is 4.75. The predicted octanol–water partition coefficient (Wildman–Crippen LogP) is 2.26. The third-order valence-electron chi connectivity index (χ3n) is 2.56. The van der Waals surface area contributed by atoms with Gasteiger partial charge in [-0.25, -0.2) is 13.8 Å². The molecule has 5 heteroatoms. The molecule has 0 atom stereocenters. The summed E-state index contributed by atoms with van der Waals surface area (Å²) in [6.07, 6.45) is 0. The number of anilines is 1. The maximum Gasteiger partial charge on any atom is 0.159 e. The molecule has 1 aromatic heterocycles. The van der Waals surface area contributed by atoms with E-state index in [2.05, 4.69) is 4.98 Å². The van der Waals surface area contributed by atoms with Gasteiger partial charge in [-0.2, -0.15) is 0 Å². The van der Waals surface area contributed by atoms with Crippen LogP contribution < -0.4 is 5.73 Å². The van der Waals surface area contributed by atoms with Crippen molar-refractivity contribution in [1.29, 1.82) is 0 Å². The molecule has 16 heavy (non-hydrogen) atoms. The van der Waals surface area contributed by atoms with Crippen molar-refractivity contribution in [2.24, 2.45) is 7.05 Å². The Kier molecular flexibility index (Phi) is 2.38. The van der Waals surface area contributed by atoms with Crippen molar-refractivity contribution in [3.63, 3.8) is 0 Å². The van der Waals surface area contributed by atoms with Gasteiger partial charge in [0.25, 0.3) is 0 Å². The maximum atomic E-state index is 13.1. The van der Waals surface area contributed by atoms with Gasteiger partial charge in [-0.05, 0) is 25.1 Å². The fourth-order valence-corrected chi connectivity index (χ4v) is 1.48. The van der Waals surface area contributed by atoms with Gasteiger partial charge in [-0.15, -0.1) is 0 Å². The fraction of sp³-hybridized carbons (Fsp3) is 0.182. The number of nitrogen functional groups attached to an aromatic ring is 1. The highest BCUT2D eigenvalue weighted by molar-refractivity contribution is 5.70. The van der Waals surface area contributed by atoms with Gasteiger partial charge < -0.3 is 10.3 Å². The van der Waals surface area contributed by atoms with Crippen LogP contribution in [0, 0.1) is 18.6 Å². The number of imidazole rings is 1. The average molecular weight is 223 g/mol. The van der Waals surface area contributed by atoms with E-state index >= 15 is 0 Å². The fourth-order valence-electron chi connectivity index (χ4n) is 1.48. The Bertz CT molecular complexity index is 546. The van der Waals surface area contributed by atoms with Crippen LogP contribution >= 0.6 is 0 Å². The van der Waals surface area contributed by atoms with Crippen LogP contribution in [0.1, 0.15) is 5.82 Å². The second-order valence-corrected chi connectivity index (χ2v) is 3.58. The predicted molar refractivity (Wildman–Crippen MR) is 57.7 cm³/mol. The number of halogens is 2. The lowest BCUT2D eigenvalue weighted by Crippen LogP contribution is -1.98. The normalized spacial score (nSPS) is 10.8. The highest BCUT2D eigenvalue weighted by atomic mass is 19.2. The number of nitrogens with zero attached hydrogens (tertiary/aromatic N) is 2. The number of hydrogen-bond acceptors (Lipinski definition) is 2. The SMILES string of the molecule is Cc1nc(-c2ccc(F)c(F)c2)c(N)n1C. The Balaban J connectivity index is 2.59. The van der Waals surface area contributed by atoms with Crippen molar-refractivity contribution in [1.82, 2.24) is 9.55 Å². The Morgan fingerprint density at radius 3 is 2.44 bits per heavy atom. The number of nitrogens with two attached hydrogens (primary N) is 1. The van der Waals surface area contributed by atoms with Crippen LogP contribution in [0.4, 0.5) is 14.6 Å². The van der Waals surface area contributed by atoms with Crippen LogP contribution in [0.3, 0.4) is 0 Å². The molecule has 0 aliphatic rings. The van der Waals surface area contributed by atoms with Crippen LogP contribution in [0.15, 0.2) is 18.2 Å². The lowest BCUT2D eigenvalue weighted by atomic mass is 10.1. The molecule has 0 saturated heterocycles. The summed E-state index contributed by atoms with van der Waals surface area (Å²) in [6.45, 7) is 1.79. The molecule has 0 fully saturated rings. The monoisotopic (exact) mass is 223 g/mol. The third kappa shape index (κ3) is 1.54. The molecule has 0 unspecified atom stereocenters. The van der Waals surface area contributed by atoms with Crippen molar-refractivity contribution in [3.05, 3.63) is 35.7 Å². The van der Waals surface area contributed by atoms with E-state index in [-0.39, 0.29) is 0 Å². The van der Waals surface area contributed by atoms with Crippen LogP contribution in [0.25, 0.3) is 11.3 Å². The van der Waals surface area contributed by atoms with E-state index in [0.29, 0.717) is 17.1 Å². The van der Waals surface area contributed by atoms with E-state index in [9.17, 15) is 8.78 Å². The van der Waals surface area contributed by atoms with E-state index in [1.54, 1.807) is 18.5 Å². The van der Waals surface area contributed by atoms with Gasteiger partial charge in [0.2, 0.25) is 0 Å². The summed E-state index contributed by atoms with van der Waals surface area (Å²) < 4.78 is 27.5. The lowest BCUT2D eigenvalue weighted by Gasteiger charge is -2.01. The smallest absolute Gasteiger partial charge is 0.159 e. The average Bonchev–Trinajstić information content (AvgIpc) is 2.50. The number of aryl methyl sites for hydroxylation is 1. The quantitative estimate of drug-likeness (QED) is 0.805. The van der Waals surface area contributed by atoms with Crippen molar-refractivity contribution >= 4 is 5.82 Å². The van der Waals surface area contributed by atoms with E-state index in [1.807, 2.05) is 0 Å². The zero-order chi connectivity index (χ0) is 11.9. The number of benzene rings is 1. The highest BCUT2D eigenvalue weighted by Gasteiger charge is 2.12. The second-order valence-electron chi connectivity index (χ2n) is 3.58. The molecule has 0 aliphatic heterocycles. The highest BCUT2D eigenvalue weighted by Crippen LogP contribution is 2.26. The van der Waals surface area contributed by atoms with Gasteiger partial charge in [0.05, 0.1) is 0 Å². The van der Waals surface area contributed by atoms with Gasteiger partial charge in [-0.1, -0.05) is 0 Å². The van der Waals surface area contributed by atoms with Crippen LogP contribution in [-0.4, -0.2) is 9.55 Å². The summed E-state index contributed by atoms with van der Waals surface area (Å²) >= 11 is 0. The maximum absolute atomic E-state index is 13.1. The molecule has 1 aromatic carbocycles. The van der Waals surface area contributed by atoms with E-state index < -0.39 is 11.6 Å². The molecular weight excluding hydrogens is 212 g/mol. The topological polar surface area (TPSA) is 43.8 Å². The van der Waals surface area contributed by atoms with E-state index in [1.165, 1.54) is 6.07 Å². The first-order chi connectivity index (χ1) is 7.50. The van der Waals surface area contributed by atoms with Gasteiger partial charge in [-0.3, -0.25) is 0 Å². The Morgan fingerprint density at radius 1 is 1.25 bits per heavy atom. The summed E-state index contributed by atoms with van der Waals surface area (Å²) in [5.41, 5.74) is 6.75. The van der Waals surface area contributed by atoms with Gasteiger partial charge in [0.15, 0.2) is 11.6 Å². The summed E-state index contributed by atoms with van der Waals surface area (Å²) in [7, 11) is 1.76. The minimum atomic E-state index is -0.903. The first kappa shape index (κ1) is 10.6. The van der Waals surface area contributed by atoms with Gasteiger partial charge in [0, 0.05) is 12.6 Å². The minimum absolute atomic E-state index is 0.434. The second kappa shape index (κ2) is 3.59. The summed E-state index contributed by atoms with van der Waals surface area (Å²) in [5.74, 6) is -0.629. The molecule has 2 aromatic rings. The lowest BCUT2D eigenvalue weighted by molar-refractivity contribution is 0.509. The molecule has 0 aliphatic carbocycles. The van der Waals surface area contributed by atoms with Crippen LogP contribution in [0.2, 0.25) is 0 Å². The molecule has 1 heterocycles. The molecule has 2 rings (SSSR count). The largest absolute Gasteiger partial charge is 0.383 e. The Labute approximate surface area is 91.5 Å². The van der Waals surface area contributed by atoms with Crippen molar-refractivity contribution < 1.29 is 8.78 Å². The molecule has 0 saturated carbocycles.